The van der Waals surface area contributed by atoms with Gasteiger partial charge in [-0.1, -0.05) is 30.3 Å². The quantitative estimate of drug-likeness (QED) is 0.589. The predicted octanol–water partition coefficient (Wildman–Crippen LogP) is 0.602. The molecule has 1 atom stereocenters. The van der Waals surface area contributed by atoms with Gasteiger partial charge in [0.15, 0.2) is 5.82 Å². The minimum absolute atomic E-state index is 0.0278. The van der Waals surface area contributed by atoms with Gasteiger partial charge in [-0.05, 0) is 6.42 Å². The van der Waals surface area contributed by atoms with E-state index in [4.69, 9.17) is 10.8 Å². The summed E-state index contributed by atoms with van der Waals surface area (Å²) < 4.78 is 0. The van der Waals surface area contributed by atoms with Crippen molar-refractivity contribution < 1.29 is 14.7 Å². The van der Waals surface area contributed by atoms with E-state index in [1.165, 1.54) is 0 Å². The predicted molar refractivity (Wildman–Crippen MR) is 75.3 cm³/mol. The number of nitrogens with two attached hydrogens (primary N) is 1. The van der Waals surface area contributed by atoms with Crippen LogP contribution in [0, 0.1) is 0 Å². The highest BCUT2D eigenvalue weighted by Gasteiger charge is 2.19. The van der Waals surface area contributed by atoms with Gasteiger partial charge < -0.3 is 16.2 Å². The lowest BCUT2D eigenvalue weighted by molar-refractivity contribution is -0.138. The summed E-state index contributed by atoms with van der Waals surface area (Å²) in [6.45, 7) is 0. The topological polar surface area (TPSA) is 134 Å². The zero-order chi connectivity index (χ0) is 15.2. The summed E-state index contributed by atoms with van der Waals surface area (Å²) in [7, 11) is 0. The number of hydrogen-bond acceptors (Lipinski definition) is 5. The Morgan fingerprint density at radius 3 is 2.67 bits per heavy atom. The second-order valence-corrected chi connectivity index (χ2v) is 4.41. The molecule has 2 aromatic rings. The van der Waals surface area contributed by atoms with Crippen molar-refractivity contribution in [2.45, 2.75) is 18.9 Å². The van der Waals surface area contributed by atoms with E-state index in [1.807, 2.05) is 30.3 Å². The number of anilines is 1. The van der Waals surface area contributed by atoms with Crippen LogP contribution in [0.3, 0.4) is 0 Å². The van der Waals surface area contributed by atoms with Gasteiger partial charge in [-0.15, -0.1) is 5.10 Å². The Hall–Kier alpha value is -2.90. The van der Waals surface area contributed by atoms with Gasteiger partial charge >= 0.3 is 5.97 Å². The van der Waals surface area contributed by atoms with Crippen LogP contribution in [0.15, 0.2) is 30.3 Å². The fourth-order valence-corrected chi connectivity index (χ4v) is 1.75. The van der Waals surface area contributed by atoms with Crippen molar-refractivity contribution >= 4 is 17.8 Å². The van der Waals surface area contributed by atoms with Gasteiger partial charge in [-0.25, -0.2) is 4.79 Å². The maximum atomic E-state index is 11.1. The lowest BCUT2D eigenvalue weighted by atomic mass is 10.1. The average Bonchev–Trinajstić information content (AvgIpc) is 2.92. The number of hydrogen-bond donors (Lipinski definition) is 4. The van der Waals surface area contributed by atoms with Gasteiger partial charge in [0, 0.05) is 12.0 Å². The van der Waals surface area contributed by atoms with Crippen LogP contribution in [0.1, 0.15) is 12.8 Å². The molecule has 21 heavy (non-hydrogen) atoms. The SMILES string of the molecule is NC(=O)CC[C@H](Nc1n[nH]c(-c2ccccc2)n1)C(=O)O. The summed E-state index contributed by atoms with van der Waals surface area (Å²) in [5, 5.41) is 18.4. The number of carboxylic acids is 1. The molecule has 0 spiro atoms. The maximum absolute atomic E-state index is 11.1. The minimum Gasteiger partial charge on any atom is -0.480 e. The Morgan fingerprint density at radius 2 is 2.05 bits per heavy atom. The molecule has 1 amide bonds. The lowest BCUT2D eigenvalue weighted by Gasteiger charge is -2.11. The van der Waals surface area contributed by atoms with Gasteiger partial charge in [0.2, 0.25) is 11.9 Å². The van der Waals surface area contributed by atoms with Crippen molar-refractivity contribution in [1.82, 2.24) is 15.2 Å². The van der Waals surface area contributed by atoms with E-state index in [1.54, 1.807) is 0 Å². The number of nitrogens with zero attached hydrogens (tertiary/aromatic N) is 2. The standard InChI is InChI=1S/C13H15N5O3/c14-10(19)7-6-9(12(20)21)15-13-16-11(17-18-13)8-4-2-1-3-5-8/h1-5,9H,6-7H2,(H2,14,19)(H,20,21)(H2,15,16,17,18)/t9-/m0/s1. The van der Waals surface area contributed by atoms with Crippen molar-refractivity contribution in [3.05, 3.63) is 30.3 Å². The highest BCUT2D eigenvalue weighted by molar-refractivity contribution is 5.79. The van der Waals surface area contributed by atoms with Crippen LogP contribution in [-0.2, 0) is 9.59 Å². The molecule has 0 saturated heterocycles. The Kier molecular flexibility index (Phi) is 4.50. The summed E-state index contributed by atoms with van der Waals surface area (Å²) >= 11 is 0. The van der Waals surface area contributed by atoms with Crippen molar-refractivity contribution in [1.29, 1.82) is 0 Å². The number of carboxylic acid groups (broad SMARTS) is 1. The van der Waals surface area contributed by atoms with E-state index in [2.05, 4.69) is 20.5 Å². The number of H-pyrrole nitrogens is 1. The van der Waals surface area contributed by atoms with Crippen LogP contribution in [0.5, 0.6) is 0 Å². The summed E-state index contributed by atoms with van der Waals surface area (Å²) in [6, 6.07) is 8.33. The third-order valence-corrected chi connectivity index (χ3v) is 2.81. The molecule has 0 fully saturated rings. The number of nitrogens with one attached hydrogen (secondary N) is 2. The number of aromatic amines is 1. The van der Waals surface area contributed by atoms with E-state index in [-0.39, 0.29) is 18.8 Å². The van der Waals surface area contributed by atoms with E-state index >= 15 is 0 Å². The summed E-state index contributed by atoms with van der Waals surface area (Å²) in [5.74, 6) is -0.965. The van der Waals surface area contributed by atoms with Crippen molar-refractivity contribution in [2.75, 3.05) is 5.32 Å². The average molecular weight is 289 g/mol. The number of aliphatic carboxylic acids is 1. The molecule has 0 saturated carbocycles. The van der Waals surface area contributed by atoms with Crippen molar-refractivity contribution in [3.63, 3.8) is 0 Å². The van der Waals surface area contributed by atoms with E-state index in [0.29, 0.717) is 5.82 Å². The lowest BCUT2D eigenvalue weighted by Crippen LogP contribution is -2.31. The zero-order valence-corrected chi connectivity index (χ0v) is 11.1. The molecule has 1 heterocycles. The van der Waals surface area contributed by atoms with Gasteiger partial charge in [-0.3, -0.25) is 9.89 Å². The molecule has 0 aliphatic carbocycles. The first-order chi connectivity index (χ1) is 10.1. The molecule has 0 aliphatic heterocycles. The smallest absolute Gasteiger partial charge is 0.326 e. The summed E-state index contributed by atoms with van der Waals surface area (Å²) in [4.78, 5) is 26.0. The molecule has 8 nitrogen and oxygen atoms in total. The van der Waals surface area contributed by atoms with Gasteiger partial charge in [0.25, 0.3) is 0 Å². The highest BCUT2D eigenvalue weighted by Crippen LogP contribution is 2.15. The minimum atomic E-state index is -1.10. The third-order valence-electron chi connectivity index (χ3n) is 2.81. The molecule has 110 valence electrons. The number of primary amides is 1. The Labute approximate surface area is 120 Å². The molecule has 0 aliphatic rings. The summed E-state index contributed by atoms with van der Waals surface area (Å²) in [5.41, 5.74) is 5.85. The second kappa shape index (κ2) is 6.51. The number of benzene rings is 1. The molecular weight excluding hydrogens is 274 g/mol. The molecule has 0 radical (unpaired) electrons. The highest BCUT2D eigenvalue weighted by atomic mass is 16.4. The zero-order valence-electron chi connectivity index (χ0n) is 11.1. The van der Waals surface area contributed by atoms with Crippen LogP contribution in [0.4, 0.5) is 5.95 Å². The molecular formula is C13H15N5O3. The normalized spacial score (nSPS) is 11.8. The van der Waals surface area contributed by atoms with Crippen LogP contribution < -0.4 is 11.1 Å². The molecule has 2 rings (SSSR count). The fraction of sp³-hybridized carbons (Fsp3) is 0.231. The van der Waals surface area contributed by atoms with Crippen LogP contribution >= 0.6 is 0 Å². The van der Waals surface area contributed by atoms with E-state index < -0.39 is 17.9 Å². The number of rotatable bonds is 7. The molecule has 0 bridgehead atoms. The fourth-order valence-electron chi connectivity index (χ4n) is 1.75. The van der Waals surface area contributed by atoms with Crippen LogP contribution in [0.2, 0.25) is 0 Å². The van der Waals surface area contributed by atoms with Gasteiger partial charge in [0.05, 0.1) is 0 Å². The molecule has 8 heteroatoms. The maximum Gasteiger partial charge on any atom is 0.326 e. The molecule has 5 N–H and O–H groups in total. The Morgan fingerprint density at radius 1 is 1.33 bits per heavy atom. The van der Waals surface area contributed by atoms with E-state index in [9.17, 15) is 9.59 Å². The first-order valence-electron chi connectivity index (χ1n) is 6.31. The number of aromatic nitrogens is 3. The van der Waals surface area contributed by atoms with Gasteiger partial charge in [-0.2, -0.15) is 4.98 Å². The Balaban J connectivity index is 2.06. The number of carbonyl (C=O) groups excluding carboxylic acids is 1. The molecule has 1 aromatic heterocycles. The van der Waals surface area contributed by atoms with Gasteiger partial charge in [0.1, 0.15) is 6.04 Å². The van der Waals surface area contributed by atoms with Crippen molar-refractivity contribution in [2.24, 2.45) is 5.73 Å². The Bertz CT molecular complexity index is 626. The second-order valence-electron chi connectivity index (χ2n) is 4.41. The van der Waals surface area contributed by atoms with Crippen LogP contribution in [-0.4, -0.2) is 38.2 Å². The van der Waals surface area contributed by atoms with E-state index in [0.717, 1.165) is 5.56 Å². The third kappa shape index (κ3) is 4.03. The molecule has 0 unspecified atom stereocenters. The number of carbonyl (C=O) groups is 2. The van der Waals surface area contributed by atoms with Crippen LogP contribution in [0.25, 0.3) is 11.4 Å². The summed E-state index contributed by atoms with van der Waals surface area (Å²) in [6.07, 6.45) is 0.0415. The number of amides is 1. The monoisotopic (exact) mass is 289 g/mol. The molecule has 1 aromatic carbocycles. The largest absolute Gasteiger partial charge is 0.480 e. The van der Waals surface area contributed by atoms with Crippen molar-refractivity contribution in [3.8, 4) is 11.4 Å². The first kappa shape index (κ1) is 14.5. The first-order valence-corrected chi connectivity index (χ1v) is 6.31.